The van der Waals surface area contributed by atoms with Gasteiger partial charge in [0, 0.05) is 26.7 Å². The van der Waals surface area contributed by atoms with Gasteiger partial charge in [0.2, 0.25) is 5.91 Å². The van der Waals surface area contributed by atoms with E-state index in [4.69, 9.17) is 4.74 Å². The van der Waals surface area contributed by atoms with E-state index in [2.05, 4.69) is 5.32 Å². The minimum Gasteiger partial charge on any atom is -0.388 e. The number of amides is 1. The van der Waals surface area contributed by atoms with Crippen molar-refractivity contribution in [2.45, 2.75) is 45.6 Å². The molecule has 0 aliphatic carbocycles. The van der Waals surface area contributed by atoms with Crippen molar-refractivity contribution in [1.29, 1.82) is 0 Å². The Morgan fingerprint density at radius 2 is 2.19 bits per heavy atom. The molecule has 0 saturated carbocycles. The van der Waals surface area contributed by atoms with Gasteiger partial charge in [-0.25, -0.2) is 0 Å². The van der Waals surface area contributed by atoms with Gasteiger partial charge in [-0.3, -0.25) is 4.79 Å². The number of rotatable bonds is 8. The molecule has 0 spiro atoms. The number of hydrogen-bond donors (Lipinski definition) is 2. The average molecular weight is 231 g/mol. The fourth-order valence-electron chi connectivity index (χ4n) is 1.36. The summed E-state index contributed by atoms with van der Waals surface area (Å²) < 4.78 is 4.86. The number of aliphatic hydroxyl groups is 1. The van der Waals surface area contributed by atoms with Crippen LogP contribution in [0.4, 0.5) is 0 Å². The van der Waals surface area contributed by atoms with Crippen LogP contribution < -0.4 is 5.32 Å². The molecule has 0 radical (unpaired) electrons. The van der Waals surface area contributed by atoms with Gasteiger partial charge in [0.25, 0.3) is 0 Å². The highest BCUT2D eigenvalue weighted by atomic mass is 16.5. The SMILES string of the molecule is CCC(C)C(C)(O)CNC(=O)CCCOC. The summed E-state index contributed by atoms with van der Waals surface area (Å²) in [5.41, 5.74) is -0.828. The van der Waals surface area contributed by atoms with Gasteiger partial charge in [-0.15, -0.1) is 0 Å². The van der Waals surface area contributed by atoms with Gasteiger partial charge in [0.15, 0.2) is 0 Å². The highest BCUT2D eigenvalue weighted by molar-refractivity contribution is 5.75. The van der Waals surface area contributed by atoms with Crippen molar-refractivity contribution in [1.82, 2.24) is 5.32 Å². The molecule has 2 atom stereocenters. The van der Waals surface area contributed by atoms with E-state index in [-0.39, 0.29) is 11.8 Å². The number of carbonyl (C=O) groups is 1. The fraction of sp³-hybridized carbons (Fsp3) is 0.917. The Labute approximate surface area is 98.4 Å². The minimum absolute atomic E-state index is 0.0272. The Morgan fingerprint density at radius 1 is 1.56 bits per heavy atom. The third kappa shape index (κ3) is 6.08. The highest BCUT2D eigenvalue weighted by Gasteiger charge is 2.27. The van der Waals surface area contributed by atoms with Crippen molar-refractivity contribution in [3.63, 3.8) is 0 Å². The highest BCUT2D eigenvalue weighted by Crippen LogP contribution is 2.18. The lowest BCUT2D eigenvalue weighted by molar-refractivity contribution is -0.123. The Bertz CT molecular complexity index is 204. The molecule has 2 N–H and O–H groups in total. The summed E-state index contributed by atoms with van der Waals surface area (Å²) in [5, 5.41) is 12.8. The van der Waals surface area contributed by atoms with Crippen LogP contribution in [0.25, 0.3) is 0 Å². The van der Waals surface area contributed by atoms with Crippen LogP contribution in [0.5, 0.6) is 0 Å². The standard InChI is InChI=1S/C12H25NO3/c1-5-10(2)12(3,15)9-13-11(14)7-6-8-16-4/h10,15H,5-9H2,1-4H3,(H,13,14). The molecule has 0 aliphatic heterocycles. The molecule has 1 amide bonds. The first kappa shape index (κ1) is 15.4. The van der Waals surface area contributed by atoms with Crippen LogP contribution in [0.2, 0.25) is 0 Å². The predicted octanol–water partition coefficient (Wildman–Crippen LogP) is 1.33. The minimum atomic E-state index is -0.828. The van der Waals surface area contributed by atoms with E-state index in [0.717, 1.165) is 6.42 Å². The average Bonchev–Trinajstić information content (AvgIpc) is 2.25. The molecule has 0 aliphatic rings. The first-order valence-electron chi connectivity index (χ1n) is 5.92. The number of carbonyl (C=O) groups excluding carboxylic acids is 1. The molecular weight excluding hydrogens is 206 g/mol. The van der Waals surface area contributed by atoms with Crippen molar-refractivity contribution >= 4 is 5.91 Å². The van der Waals surface area contributed by atoms with Crippen LogP contribution in [-0.4, -0.2) is 36.9 Å². The molecule has 0 rings (SSSR count). The number of ether oxygens (including phenoxy) is 1. The monoisotopic (exact) mass is 231 g/mol. The van der Waals surface area contributed by atoms with Gasteiger partial charge in [-0.2, -0.15) is 0 Å². The molecule has 0 aromatic heterocycles. The van der Waals surface area contributed by atoms with Gasteiger partial charge in [0.1, 0.15) is 0 Å². The van der Waals surface area contributed by atoms with Crippen LogP contribution in [0.3, 0.4) is 0 Å². The molecule has 0 aromatic rings. The van der Waals surface area contributed by atoms with Crippen molar-refractivity contribution in [2.75, 3.05) is 20.3 Å². The Hall–Kier alpha value is -0.610. The molecule has 0 heterocycles. The summed E-state index contributed by atoms with van der Waals surface area (Å²) in [4.78, 5) is 11.4. The van der Waals surface area contributed by atoms with Crippen molar-refractivity contribution in [3.05, 3.63) is 0 Å². The topological polar surface area (TPSA) is 58.6 Å². The maximum Gasteiger partial charge on any atom is 0.220 e. The summed E-state index contributed by atoms with van der Waals surface area (Å²) >= 11 is 0. The van der Waals surface area contributed by atoms with Crippen LogP contribution in [0.1, 0.15) is 40.0 Å². The Kier molecular flexibility index (Phi) is 7.34. The summed E-state index contributed by atoms with van der Waals surface area (Å²) in [7, 11) is 1.62. The van der Waals surface area contributed by atoms with Gasteiger partial charge >= 0.3 is 0 Å². The van der Waals surface area contributed by atoms with E-state index in [1.165, 1.54) is 0 Å². The van der Waals surface area contributed by atoms with Crippen molar-refractivity contribution in [3.8, 4) is 0 Å². The van der Waals surface area contributed by atoms with E-state index < -0.39 is 5.60 Å². The van der Waals surface area contributed by atoms with Gasteiger partial charge in [-0.05, 0) is 19.3 Å². The third-order valence-electron chi connectivity index (χ3n) is 3.07. The van der Waals surface area contributed by atoms with Gasteiger partial charge in [0.05, 0.1) is 5.60 Å². The van der Waals surface area contributed by atoms with E-state index in [1.54, 1.807) is 14.0 Å². The number of nitrogens with one attached hydrogen (secondary N) is 1. The lowest BCUT2D eigenvalue weighted by Crippen LogP contribution is -2.45. The molecule has 0 aromatic carbocycles. The Balaban J connectivity index is 3.81. The summed E-state index contributed by atoms with van der Waals surface area (Å²) in [5.74, 6) is 0.146. The second kappa shape index (κ2) is 7.63. The quantitative estimate of drug-likeness (QED) is 0.620. The maximum atomic E-state index is 11.4. The lowest BCUT2D eigenvalue weighted by Gasteiger charge is -2.29. The zero-order valence-corrected chi connectivity index (χ0v) is 10.9. The smallest absolute Gasteiger partial charge is 0.220 e. The zero-order chi connectivity index (χ0) is 12.6. The van der Waals surface area contributed by atoms with Gasteiger partial charge < -0.3 is 15.2 Å². The molecule has 2 unspecified atom stereocenters. The first-order chi connectivity index (χ1) is 7.44. The first-order valence-corrected chi connectivity index (χ1v) is 5.92. The van der Waals surface area contributed by atoms with E-state index in [9.17, 15) is 9.90 Å². The molecule has 16 heavy (non-hydrogen) atoms. The molecule has 0 saturated heterocycles. The second-order valence-electron chi connectivity index (χ2n) is 4.54. The fourth-order valence-corrected chi connectivity index (χ4v) is 1.36. The number of hydrogen-bond acceptors (Lipinski definition) is 3. The molecule has 0 fully saturated rings. The Morgan fingerprint density at radius 3 is 2.69 bits per heavy atom. The largest absolute Gasteiger partial charge is 0.388 e. The molecule has 4 heteroatoms. The maximum absolute atomic E-state index is 11.4. The van der Waals surface area contributed by atoms with E-state index in [0.29, 0.717) is 26.0 Å². The molecule has 4 nitrogen and oxygen atoms in total. The molecular formula is C12H25NO3. The van der Waals surface area contributed by atoms with Crippen LogP contribution in [0.15, 0.2) is 0 Å². The van der Waals surface area contributed by atoms with E-state index in [1.807, 2.05) is 13.8 Å². The third-order valence-corrected chi connectivity index (χ3v) is 3.07. The normalized spacial score (nSPS) is 16.6. The lowest BCUT2D eigenvalue weighted by atomic mass is 9.88. The zero-order valence-electron chi connectivity index (χ0n) is 10.9. The van der Waals surface area contributed by atoms with Crippen molar-refractivity contribution < 1.29 is 14.6 Å². The van der Waals surface area contributed by atoms with Gasteiger partial charge in [-0.1, -0.05) is 20.3 Å². The summed E-state index contributed by atoms with van der Waals surface area (Å²) in [6, 6.07) is 0. The summed E-state index contributed by atoms with van der Waals surface area (Å²) in [6.45, 7) is 6.68. The van der Waals surface area contributed by atoms with Crippen LogP contribution in [0, 0.1) is 5.92 Å². The second-order valence-corrected chi connectivity index (χ2v) is 4.54. The molecule has 0 bridgehead atoms. The van der Waals surface area contributed by atoms with E-state index >= 15 is 0 Å². The van der Waals surface area contributed by atoms with Crippen molar-refractivity contribution in [2.24, 2.45) is 5.92 Å². The van der Waals surface area contributed by atoms with Crippen LogP contribution in [-0.2, 0) is 9.53 Å². The van der Waals surface area contributed by atoms with Crippen LogP contribution >= 0.6 is 0 Å². The summed E-state index contributed by atoms with van der Waals surface area (Å²) in [6.07, 6.45) is 2.06. The predicted molar refractivity (Wildman–Crippen MR) is 64.2 cm³/mol. The number of methoxy groups -OCH3 is 1. The molecule has 96 valence electrons.